The van der Waals surface area contributed by atoms with Crippen molar-refractivity contribution in [1.82, 2.24) is 0 Å². The Morgan fingerprint density at radius 2 is 2.12 bits per heavy atom. The van der Waals surface area contributed by atoms with Crippen LogP contribution in [0, 0.1) is 0 Å². The number of benzene rings is 1. The van der Waals surface area contributed by atoms with Crippen LogP contribution < -0.4 is 10.1 Å². The minimum atomic E-state index is -4.77. The van der Waals surface area contributed by atoms with E-state index < -0.39 is 12.1 Å². The summed E-state index contributed by atoms with van der Waals surface area (Å²) < 4.78 is 39.6. The lowest BCUT2D eigenvalue weighted by molar-refractivity contribution is -0.274. The maximum atomic E-state index is 11.9. The van der Waals surface area contributed by atoms with Crippen LogP contribution in [0.5, 0.6) is 5.75 Å². The zero-order valence-corrected chi connectivity index (χ0v) is 11.1. The lowest BCUT2D eigenvalue weighted by Crippen LogP contribution is -2.17. The molecule has 0 spiro atoms. The monoisotopic (exact) mass is 379 g/mol. The van der Waals surface area contributed by atoms with Crippen LogP contribution >= 0.6 is 34.2 Å². The van der Waals surface area contributed by atoms with Gasteiger partial charge in [-0.25, -0.2) is 0 Å². The van der Waals surface area contributed by atoms with Crippen LogP contribution in [0.4, 0.5) is 18.9 Å². The molecule has 1 N–H and O–H groups in total. The van der Waals surface area contributed by atoms with Gasteiger partial charge in [-0.3, -0.25) is 4.79 Å². The molecule has 0 aromatic heterocycles. The van der Waals surface area contributed by atoms with Crippen molar-refractivity contribution in [3.8, 4) is 5.75 Å². The SMILES string of the molecule is O=C(CI)Nc1ccc(OC(F)(F)F)cc1Cl. The van der Waals surface area contributed by atoms with Crippen molar-refractivity contribution >= 4 is 45.8 Å². The summed E-state index contributed by atoms with van der Waals surface area (Å²) in [6.45, 7) is 0. The Labute approximate surface area is 113 Å². The van der Waals surface area contributed by atoms with E-state index >= 15 is 0 Å². The van der Waals surface area contributed by atoms with Gasteiger partial charge < -0.3 is 10.1 Å². The summed E-state index contributed by atoms with van der Waals surface area (Å²) in [6.07, 6.45) is -4.77. The van der Waals surface area contributed by atoms with Crippen molar-refractivity contribution in [2.45, 2.75) is 6.36 Å². The first-order valence-corrected chi connectivity index (χ1v) is 6.13. The zero-order valence-electron chi connectivity index (χ0n) is 8.15. The van der Waals surface area contributed by atoms with E-state index in [0.717, 1.165) is 12.1 Å². The average molecular weight is 380 g/mol. The molecular weight excluding hydrogens is 373 g/mol. The molecule has 1 amide bonds. The molecule has 0 aliphatic rings. The van der Waals surface area contributed by atoms with Crippen LogP contribution in [-0.2, 0) is 4.79 Å². The molecule has 3 nitrogen and oxygen atoms in total. The minimum Gasteiger partial charge on any atom is -0.406 e. The predicted octanol–water partition coefficient (Wildman–Crippen LogP) is 3.61. The highest BCUT2D eigenvalue weighted by atomic mass is 127. The Hall–Kier alpha value is -0.700. The number of hydrogen-bond acceptors (Lipinski definition) is 2. The molecule has 0 atom stereocenters. The van der Waals surface area contributed by atoms with Crippen molar-refractivity contribution in [2.75, 3.05) is 9.74 Å². The fraction of sp³-hybridized carbons (Fsp3) is 0.222. The van der Waals surface area contributed by atoms with Crippen molar-refractivity contribution in [3.05, 3.63) is 23.2 Å². The Morgan fingerprint density at radius 3 is 2.59 bits per heavy atom. The fourth-order valence-electron chi connectivity index (χ4n) is 0.978. The molecule has 0 aliphatic heterocycles. The standard InChI is InChI=1S/C9H6ClF3INO2/c10-6-3-5(17-9(11,12)13)1-2-7(6)15-8(16)4-14/h1-3H,4H2,(H,15,16). The summed E-state index contributed by atoms with van der Waals surface area (Å²) in [5, 5.41) is 2.41. The molecule has 0 fully saturated rings. The molecule has 0 radical (unpaired) electrons. The van der Waals surface area contributed by atoms with E-state index in [2.05, 4.69) is 10.1 Å². The summed E-state index contributed by atoms with van der Waals surface area (Å²) in [5.74, 6) is -0.730. The highest BCUT2D eigenvalue weighted by Gasteiger charge is 2.31. The topological polar surface area (TPSA) is 38.3 Å². The number of halogens is 5. The zero-order chi connectivity index (χ0) is 13.1. The Kier molecular flexibility index (Phi) is 4.87. The second-order valence-corrected chi connectivity index (χ2v) is 4.04. The third-order valence-electron chi connectivity index (χ3n) is 1.57. The van der Waals surface area contributed by atoms with Gasteiger partial charge in [-0.15, -0.1) is 13.2 Å². The van der Waals surface area contributed by atoms with Gasteiger partial charge in [-0.1, -0.05) is 34.2 Å². The van der Waals surface area contributed by atoms with Gasteiger partial charge in [-0.2, -0.15) is 0 Å². The first-order chi connectivity index (χ1) is 7.81. The van der Waals surface area contributed by atoms with Gasteiger partial charge in [0.2, 0.25) is 5.91 Å². The second kappa shape index (κ2) is 5.76. The van der Waals surface area contributed by atoms with Crippen LogP contribution in [-0.4, -0.2) is 16.7 Å². The van der Waals surface area contributed by atoms with Gasteiger partial charge in [0, 0.05) is 6.07 Å². The lowest BCUT2D eigenvalue weighted by Gasteiger charge is -2.11. The molecule has 0 unspecified atom stereocenters. The van der Waals surface area contributed by atoms with Crippen LogP contribution in [0.15, 0.2) is 18.2 Å². The van der Waals surface area contributed by atoms with E-state index in [1.165, 1.54) is 6.07 Å². The number of anilines is 1. The van der Waals surface area contributed by atoms with Crippen molar-refractivity contribution in [3.63, 3.8) is 0 Å². The molecule has 0 heterocycles. The summed E-state index contributed by atoms with van der Waals surface area (Å²) >= 11 is 7.54. The third-order valence-corrected chi connectivity index (χ3v) is 2.58. The molecule has 0 saturated heterocycles. The quantitative estimate of drug-likeness (QED) is 0.644. The number of amides is 1. The van der Waals surface area contributed by atoms with Crippen LogP contribution in [0.2, 0.25) is 5.02 Å². The van der Waals surface area contributed by atoms with Gasteiger partial charge in [0.1, 0.15) is 5.75 Å². The number of rotatable bonds is 3. The number of hydrogen-bond donors (Lipinski definition) is 1. The lowest BCUT2D eigenvalue weighted by atomic mass is 10.3. The maximum Gasteiger partial charge on any atom is 0.573 e. The Balaban J connectivity index is 2.83. The summed E-state index contributed by atoms with van der Waals surface area (Å²) in [5.41, 5.74) is 0.239. The molecule has 1 aromatic rings. The summed E-state index contributed by atoms with van der Waals surface area (Å²) in [4.78, 5) is 11.1. The Bertz CT molecular complexity index is 425. The minimum absolute atomic E-state index is 0.0232. The van der Waals surface area contributed by atoms with Gasteiger partial charge >= 0.3 is 6.36 Å². The first kappa shape index (κ1) is 14.4. The molecule has 0 aliphatic carbocycles. The van der Waals surface area contributed by atoms with E-state index in [9.17, 15) is 18.0 Å². The average Bonchev–Trinajstić information content (AvgIpc) is 2.19. The molecule has 1 rings (SSSR count). The molecule has 94 valence electrons. The predicted molar refractivity (Wildman–Crippen MR) is 65.7 cm³/mol. The normalized spacial score (nSPS) is 11.1. The first-order valence-electron chi connectivity index (χ1n) is 4.23. The number of ether oxygens (including phenoxy) is 1. The second-order valence-electron chi connectivity index (χ2n) is 2.87. The van der Waals surface area contributed by atoms with Crippen LogP contribution in [0.25, 0.3) is 0 Å². The summed E-state index contributed by atoms with van der Waals surface area (Å²) in [6, 6.07) is 3.30. The maximum absolute atomic E-state index is 11.9. The summed E-state index contributed by atoms with van der Waals surface area (Å²) in [7, 11) is 0. The van der Waals surface area contributed by atoms with E-state index in [0.29, 0.717) is 0 Å². The largest absolute Gasteiger partial charge is 0.573 e. The molecular formula is C9H6ClF3INO2. The molecule has 1 aromatic carbocycles. The van der Waals surface area contributed by atoms with E-state index in [1.807, 2.05) is 22.6 Å². The smallest absolute Gasteiger partial charge is 0.406 e. The van der Waals surface area contributed by atoms with Crippen molar-refractivity contribution < 1.29 is 22.7 Å². The van der Waals surface area contributed by atoms with E-state index in [1.54, 1.807) is 0 Å². The highest BCUT2D eigenvalue weighted by Crippen LogP contribution is 2.30. The van der Waals surface area contributed by atoms with Crippen molar-refractivity contribution in [2.24, 2.45) is 0 Å². The van der Waals surface area contributed by atoms with Gasteiger partial charge in [0.25, 0.3) is 0 Å². The van der Waals surface area contributed by atoms with Gasteiger partial charge in [-0.05, 0) is 12.1 Å². The van der Waals surface area contributed by atoms with E-state index in [-0.39, 0.29) is 21.0 Å². The number of nitrogens with one attached hydrogen (secondary N) is 1. The van der Waals surface area contributed by atoms with Crippen LogP contribution in [0.3, 0.4) is 0 Å². The van der Waals surface area contributed by atoms with Crippen LogP contribution in [0.1, 0.15) is 0 Å². The number of alkyl halides is 4. The molecule has 0 bridgehead atoms. The molecule has 0 saturated carbocycles. The van der Waals surface area contributed by atoms with Crippen molar-refractivity contribution in [1.29, 1.82) is 0 Å². The fourth-order valence-corrected chi connectivity index (χ4v) is 1.39. The number of carbonyl (C=O) groups is 1. The number of carbonyl (C=O) groups excluding carboxylic acids is 1. The molecule has 17 heavy (non-hydrogen) atoms. The molecule has 8 heteroatoms. The Morgan fingerprint density at radius 1 is 1.47 bits per heavy atom. The highest BCUT2D eigenvalue weighted by molar-refractivity contribution is 14.1. The van der Waals surface area contributed by atoms with Gasteiger partial charge in [0.05, 0.1) is 15.1 Å². The third kappa shape index (κ3) is 4.99. The van der Waals surface area contributed by atoms with Gasteiger partial charge in [0.15, 0.2) is 0 Å². The van der Waals surface area contributed by atoms with E-state index in [4.69, 9.17) is 11.6 Å².